The number of carbonyl (C=O) groups is 3. The van der Waals surface area contributed by atoms with Gasteiger partial charge in [0, 0.05) is 24.3 Å². The highest BCUT2D eigenvalue weighted by Gasteiger charge is 2.41. The van der Waals surface area contributed by atoms with E-state index in [2.05, 4.69) is 23.3 Å². The van der Waals surface area contributed by atoms with Crippen LogP contribution in [0.4, 0.5) is 10.1 Å². The molecule has 1 unspecified atom stereocenters. The fourth-order valence-corrected chi connectivity index (χ4v) is 3.19. The van der Waals surface area contributed by atoms with Crippen molar-refractivity contribution >= 4 is 36.2 Å². The molecule has 0 heterocycles. The summed E-state index contributed by atoms with van der Waals surface area (Å²) in [5, 5.41) is 24.1. The Morgan fingerprint density at radius 2 is 1.67 bits per heavy atom. The minimum atomic E-state index is -2.09. The number of carboxylic acid groups (broad SMARTS) is 2. The second kappa shape index (κ2) is 10.6. The van der Waals surface area contributed by atoms with Crippen molar-refractivity contribution in [2.24, 2.45) is 5.92 Å². The van der Waals surface area contributed by atoms with E-state index in [-0.39, 0.29) is 11.4 Å². The molecule has 1 amide bonds. The molecule has 30 heavy (non-hydrogen) atoms. The lowest BCUT2D eigenvalue weighted by molar-refractivity contribution is -0.148. The number of hydrogen-bond acceptors (Lipinski definition) is 5. The smallest absolute Gasteiger partial charge is 0.350 e. The number of carbonyl (C=O) groups excluding carboxylic acids is 1. The Hall–Kier alpha value is -3.07. The third-order valence-corrected chi connectivity index (χ3v) is 4.97. The number of thiol groups is 1. The quantitative estimate of drug-likeness (QED) is 0.274. The molecule has 0 aliphatic rings. The standard InChI is InChI=1S/C21H23FN2O5S/c22-16-6-8-17(9-7-16)23-21(20(28)29,11-10-18(25)26)24-19(27)15(13-30)12-14-4-2-1-3-5-14/h1-9,15,23,30H,10-13H2,(H,24,27)(H,25,26)(H,28,29)/t15?,21-/m0/s1. The predicted molar refractivity (Wildman–Crippen MR) is 113 cm³/mol. The van der Waals surface area contributed by atoms with Crippen LogP contribution in [0.3, 0.4) is 0 Å². The lowest BCUT2D eigenvalue weighted by Crippen LogP contribution is -2.61. The van der Waals surface area contributed by atoms with Crippen LogP contribution in [0.25, 0.3) is 0 Å². The van der Waals surface area contributed by atoms with E-state index in [9.17, 15) is 23.9 Å². The molecule has 0 aliphatic carbocycles. The Kier molecular flexibility index (Phi) is 8.23. The van der Waals surface area contributed by atoms with Crippen LogP contribution in [0, 0.1) is 11.7 Å². The average Bonchev–Trinajstić information content (AvgIpc) is 2.72. The molecular formula is C21H23FN2O5S. The number of benzene rings is 2. The maximum atomic E-state index is 13.2. The molecule has 0 spiro atoms. The van der Waals surface area contributed by atoms with Gasteiger partial charge in [0.2, 0.25) is 11.6 Å². The van der Waals surface area contributed by atoms with Crippen molar-refractivity contribution in [3.63, 3.8) is 0 Å². The fraction of sp³-hybridized carbons (Fsp3) is 0.286. The average molecular weight is 434 g/mol. The molecule has 160 valence electrons. The lowest BCUT2D eigenvalue weighted by Gasteiger charge is -2.33. The van der Waals surface area contributed by atoms with Gasteiger partial charge < -0.3 is 20.8 Å². The van der Waals surface area contributed by atoms with E-state index in [1.54, 1.807) is 0 Å². The van der Waals surface area contributed by atoms with Gasteiger partial charge in [-0.05, 0) is 36.2 Å². The highest BCUT2D eigenvalue weighted by Crippen LogP contribution is 2.21. The van der Waals surface area contributed by atoms with Gasteiger partial charge in [-0.15, -0.1) is 0 Å². The second-order valence-corrected chi connectivity index (χ2v) is 7.16. The highest BCUT2D eigenvalue weighted by atomic mass is 32.1. The van der Waals surface area contributed by atoms with E-state index in [4.69, 9.17) is 5.11 Å². The van der Waals surface area contributed by atoms with Crippen molar-refractivity contribution in [3.8, 4) is 0 Å². The summed E-state index contributed by atoms with van der Waals surface area (Å²) in [7, 11) is 0. The minimum absolute atomic E-state index is 0.159. The Morgan fingerprint density at radius 1 is 1.03 bits per heavy atom. The monoisotopic (exact) mass is 434 g/mol. The van der Waals surface area contributed by atoms with Gasteiger partial charge in [0.1, 0.15) is 5.82 Å². The summed E-state index contributed by atoms with van der Waals surface area (Å²) < 4.78 is 13.2. The van der Waals surface area contributed by atoms with E-state index < -0.39 is 48.1 Å². The van der Waals surface area contributed by atoms with Crippen molar-refractivity contribution in [3.05, 3.63) is 66.0 Å². The van der Waals surface area contributed by atoms with E-state index >= 15 is 0 Å². The summed E-state index contributed by atoms with van der Waals surface area (Å²) in [6.45, 7) is 0. The van der Waals surface area contributed by atoms with Crippen LogP contribution >= 0.6 is 12.6 Å². The molecule has 2 aromatic rings. The molecular weight excluding hydrogens is 411 g/mol. The van der Waals surface area contributed by atoms with Crippen molar-refractivity contribution in [1.82, 2.24) is 5.32 Å². The molecule has 7 nitrogen and oxygen atoms in total. The summed E-state index contributed by atoms with van der Waals surface area (Å²) in [5.74, 6) is -4.27. The van der Waals surface area contributed by atoms with Gasteiger partial charge in [-0.2, -0.15) is 12.6 Å². The largest absolute Gasteiger partial charge is 0.481 e. The van der Waals surface area contributed by atoms with Gasteiger partial charge >= 0.3 is 11.9 Å². The number of hydrogen-bond donors (Lipinski definition) is 5. The number of halogens is 1. The maximum absolute atomic E-state index is 13.2. The first kappa shape index (κ1) is 23.2. The summed E-state index contributed by atoms with van der Waals surface area (Å²) >= 11 is 4.22. The molecule has 0 fully saturated rings. The van der Waals surface area contributed by atoms with Crippen LogP contribution in [-0.4, -0.2) is 39.5 Å². The van der Waals surface area contributed by atoms with Gasteiger partial charge in [0.15, 0.2) is 0 Å². The van der Waals surface area contributed by atoms with Crippen molar-refractivity contribution < 1.29 is 29.0 Å². The van der Waals surface area contributed by atoms with Crippen LogP contribution in [0.15, 0.2) is 54.6 Å². The molecule has 0 saturated heterocycles. The molecule has 0 aliphatic heterocycles. The molecule has 2 atom stereocenters. The van der Waals surface area contributed by atoms with E-state index in [1.807, 2.05) is 30.3 Å². The first-order valence-corrected chi connectivity index (χ1v) is 9.85. The third kappa shape index (κ3) is 6.48. The van der Waals surface area contributed by atoms with Gasteiger partial charge in [0.05, 0.1) is 5.92 Å². The minimum Gasteiger partial charge on any atom is -0.481 e. The highest BCUT2D eigenvalue weighted by molar-refractivity contribution is 7.80. The maximum Gasteiger partial charge on any atom is 0.350 e. The van der Waals surface area contributed by atoms with Gasteiger partial charge in [-0.25, -0.2) is 9.18 Å². The SMILES string of the molecule is O=C(O)CC[C@@](NC(=O)C(CS)Cc1ccccc1)(Nc1ccc(F)cc1)C(=O)O. The zero-order chi connectivity index (χ0) is 22.1. The van der Waals surface area contributed by atoms with Crippen LogP contribution in [0.1, 0.15) is 18.4 Å². The van der Waals surface area contributed by atoms with Gasteiger partial charge in [-0.3, -0.25) is 9.59 Å². The first-order valence-electron chi connectivity index (χ1n) is 9.21. The zero-order valence-electron chi connectivity index (χ0n) is 16.0. The number of aliphatic carboxylic acids is 2. The Balaban J connectivity index is 2.28. The van der Waals surface area contributed by atoms with E-state index in [1.165, 1.54) is 12.1 Å². The summed E-state index contributed by atoms with van der Waals surface area (Å²) in [6.07, 6.45) is -0.599. The van der Waals surface area contributed by atoms with Crippen LogP contribution in [0.2, 0.25) is 0 Å². The number of amides is 1. The Bertz CT molecular complexity index is 879. The van der Waals surface area contributed by atoms with Crippen molar-refractivity contribution in [1.29, 1.82) is 0 Å². The molecule has 2 aromatic carbocycles. The Labute approximate surface area is 178 Å². The zero-order valence-corrected chi connectivity index (χ0v) is 16.9. The van der Waals surface area contributed by atoms with Gasteiger partial charge in [-0.1, -0.05) is 30.3 Å². The van der Waals surface area contributed by atoms with Gasteiger partial charge in [0.25, 0.3) is 0 Å². The summed E-state index contributed by atoms with van der Waals surface area (Å²) in [5.41, 5.74) is -0.995. The molecule has 9 heteroatoms. The van der Waals surface area contributed by atoms with Crippen LogP contribution < -0.4 is 10.6 Å². The molecule has 0 radical (unpaired) electrons. The van der Waals surface area contributed by atoms with Crippen LogP contribution in [0.5, 0.6) is 0 Å². The van der Waals surface area contributed by atoms with Crippen molar-refractivity contribution in [2.75, 3.05) is 11.1 Å². The van der Waals surface area contributed by atoms with E-state index in [0.29, 0.717) is 6.42 Å². The molecule has 0 saturated carbocycles. The number of rotatable bonds is 11. The molecule has 4 N–H and O–H groups in total. The van der Waals surface area contributed by atoms with E-state index in [0.717, 1.165) is 17.7 Å². The number of carboxylic acids is 2. The fourth-order valence-electron chi connectivity index (χ4n) is 2.90. The first-order chi connectivity index (χ1) is 14.3. The third-order valence-electron chi connectivity index (χ3n) is 4.53. The summed E-state index contributed by atoms with van der Waals surface area (Å²) in [6, 6.07) is 14.0. The summed E-state index contributed by atoms with van der Waals surface area (Å²) in [4.78, 5) is 36.2. The number of nitrogens with one attached hydrogen (secondary N) is 2. The molecule has 0 aromatic heterocycles. The van der Waals surface area contributed by atoms with Crippen molar-refractivity contribution in [2.45, 2.75) is 24.9 Å². The van der Waals surface area contributed by atoms with Crippen LogP contribution in [-0.2, 0) is 20.8 Å². The normalized spacial score (nSPS) is 13.7. The Morgan fingerprint density at radius 3 is 2.20 bits per heavy atom. The predicted octanol–water partition coefficient (Wildman–Crippen LogP) is 2.79. The second-order valence-electron chi connectivity index (χ2n) is 6.79. The number of anilines is 1. The topological polar surface area (TPSA) is 116 Å². The molecule has 0 bridgehead atoms. The molecule has 2 rings (SSSR count). The lowest BCUT2D eigenvalue weighted by atomic mass is 9.97.